The summed E-state index contributed by atoms with van der Waals surface area (Å²) in [6.07, 6.45) is 3.80. The number of carbonyl (C=O) groups excluding carboxylic acids is 1. The molecule has 0 aliphatic rings. The molecule has 1 heterocycles. The average molecular weight is 230 g/mol. The van der Waals surface area contributed by atoms with Crippen molar-refractivity contribution in [3.8, 4) is 17.5 Å². The van der Waals surface area contributed by atoms with Gasteiger partial charge in [0.15, 0.2) is 0 Å². The fraction of sp³-hybridized carbons (Fsp3) is 0.0833. The average Bonchev–Trinajstić information content (AvgIpc) is 2.40. The SMILES string of the molecule is COc1nccnc1Oc1ccc(C=O)cc1. The lowest BCUT2D eigenvalue weighted by Crippen LogP contribution is -1.95. The van der Waals surface area contributed by atoms with Gasteiger partial charge in [0.1, 0.15) is 12.0 Å². The van der Waals surface area contributed by atoms with Crippen LogP contribution in [0, 0.1) is 0 Å². The molecular weight excluding hydrogens is 220 g/mol. The Balaban J connectivity index is 2.21. The third-order valence-corrected chi connectivity index (χ3v) is 2.06. The van der Waals surface area contributed by atoms with Gasteiger partial charge in [-0.25, -0.2) is 9.97 Å². The van der Waals surface area contributed by atoms with Crippen LogP contribution in [0.25, 0.3) is 0 Å². The maximum absolute atomic E-state index is 10.5. The molecule has 1 aromatic heterocycles. The normalized spacial score (nSPS) is 9.71. The Bertz CT molecular complexity index is 511. The van der Waals surface area contributed by atoms with Gasteiger partial charge < -0.3 is 9.47 Å². The number of aromatic nitrogens is 2. The summed E-state index contributed by atoms with van der Waals surface area (Å²) in [5.41, 5.74) is 0.587. The second-order valence-corrected chi connectivity index (χ2v) is 3.16. The fourth-order valence-corrected chi connectivity index (χ4v) is 1.25. The highest BCUT2D eigenvalue weighted by Gasteiger charge is 2.07. The van der Waals surface area contributed by atoms with Crippen molar-refractivity contribution in [3.05, 3.63) is 42.2 Å². The number of carbonyl (C=O) groups is 1. The van der Waals surface area contributed by atoms with Crippen LogP contribution >= 0.6 is 0 Å². The predicted molar refractivity (Wildman–Crippen MR) is 60.5 cm³/mol. The third kappa shape index (κ3) is 2.57. The molecule has 0 saturated heterocycles. The molecule has 0 amide bonds. The molecule has 2 rings (SSSR count). The minimum atomic E-state index is 0.286. The number of benzene rings is 1. The summed E-state index contributed by atoms with van der Waals surface area (Å²) in [6.45, 7) is 0. The topological polar surface area (TPSA) is 61.3 Å². The van der Waals surface area contributed by atoms with E-state index in [2.05, 4.69) is 9.97 Å². The monoisotopic (exact) mass is 230 g/mol. The molecule has 0 N–H and O–H groups in total. The van der Waals surface area contributed by atoms with Gasteiger partial charge in [-0.15, -0.1) is 0 Å². The number of hydrogen-bond donors (Lipinski definition) is 0. The number of aldehydes is 1. The van der Waals surface area contributed by atoms with E-state index in [-0.39, 0.29) is 5.88 Å². The van der Waals surface area contributed by atoms with Crippen LogP contribution in [0.1, 0.15) is 10.4 Å². The van der Waals surface area contributed by atoms with Crippen molar-refractivity contribution < 1.29 is 14.3 Å². The standard InChI is InChI=1S/C12H10N2O3/c1-16-11-12(14-7-6-13-11)17-10-4-2-9(8-15)3-5-10/h2-8H,1H3. The van der Waals surface area contributed by atoms with Crippen LogP contribution in [0.5, 0.6) is 17.5 Å². The van der Waals surface area contributed by atoms with E-state index in [1.165, 1.54) is 19.5 Å². The van der Waals surface area contributed by atoms with Crippen molar-refractivity contribution in [2.45, 2.75) is 0 Å². The molecule has 1 aromatic carbocycles. The van der Waals surface area contributed by atoms with E-state index >= 15 is 0 Å². The van der Waals surface area contributed by atoms with Crippen molar-refractivity contribution in [1.29, 1.82) is 0 Å². The van der Waals surface area contributed by atoms with Gasteiger partial charge in [0.05, 0.1) is 7.11 Å². The molecule has 5 heteroatoms. The lowest BCUT2D eigenvalue weighted by molar-refractivity contribution is 0.112. The molecule has 0 bridgehead atoms. The van der Waals surface area contributed by atoms with Gasteiger partial charge in [-0.3, -0.25) is 4.79 Å². The Hall–Kier alpha value is -2.43. The maximum atomic E-state index is 10.5. The predicted octanol–water partition coefficient (Wildman–Crippen LogP) is 2.09. The van der Waals surface area contributed by atoms with Crippen molar-refractivity contribution >= 4 is 6.29 Å². The molecule has 0 aliphatic heterocycles. The van der Waals surface area contributed by atoms with Crippen molar-refractivity contribution in [2.24, 2.45) is 0 Å². The zero-order valence-corrected chi connectivity index (χ0v) is 9.16. The van der Waals surface area contributed by atoms with Gasteiger partial charge >= 0.3 is 0 Å². The number of nitrogens with zero attached hydrogens (tertiary/aromatic N) is 2. The Kier molecular flexibility index (Phi) is 3.30. The molecule has 0 radical (unpaired) electrons. The van der Waals surface area contributed by atoms with Crippen LogP contribution in [0.3, 0.4) is 0 Å². The molecule has 0 fully saturated rings. The van der Waals surface area contributed by atoms with E-state index in [0.717, 1.165) is 6.29 Å². The van der Waals surface area contributed by atoms with Crippen molar-refractivity contribution in [3.63, 3.8) is 0 Å². The van der Waals surface area contributed by atoms with Crippen molar-refractivity contribution in [2.75, 3.05) is 7.11 Å². The molecule has 0 saturated carbocycles. The van der Waals surface area contributed by atoms with Crippen LogP contribution in [-0.4, -0.2) is 23.4 Å². The molecule has 17 heavy (non-hydrogen) atoms. The van der Waals surface area contributed by atoms with E-state index in [4.69, 9.17) is 9.47 Å². The second-order valence-electron chi connectivity index (χ2n) is 3.16. The van der Waals surface area contributed by atoms with Gasteiger partial charge in [-0.1, -0.05) is 0 Å². The quantitative estimate of drug-likeness (QED) is 0.752. The minimum Gasteiger partial charge on any atom is -0.477 e. The molecule has 0 aliphatic carbocycles. The van der Waals surface area contributed by atoms with Gasteiger partial charge in [-0.2, -0.15) is 0 Å². The number of rotatable bonds is 4. The summed E-state index contributed by atoms with van der Waals surface area (Å²) in [4.78, 5) is 18.5. The summed E-state index contributed by atoms with van der Waals surface area (Å²) >= 11 is 0. The summed E-state index contributed by atoms with van der Waals surface area (Å²) in [5.74, 6) is 1.16. The largest absolute Gasteiger partial charge is 0.477 e. The van der Waals surface area contributed by atoms with Crippen LogP contribution in [0.4, 0.5) is 0 Å². The van der Waals surface area contributed by atoms with Crippen LogP contribution in [0.15, 0.2) is 36.7 Å². The number of hydrogen-bond acceptors (Lipinski definition) is 5. The highest BCUT2D eigenvalue weighted by molar-refractivity contribution is 5.74. The first-order valence-electron chi connectivity index (χ1n) is 4.91. The molecule has 0 spiro atoms. The Morgan fingerprint density at radius 2 is 1.71 bits per heavy atom. The zero-order valence-electron chi connectivity index (χ0n) is 9.16. The van der Waals surface area contributed by atoms with Gasteiger partial charge in [0.2, 0.25) is 0 Å². The van der Waals surface area contributed by atoms with E-state index in [9.17, 15) is 4.79 Å². The highest BCUT2D eigenvalue weighted by Crippen LogP contribution is 2.26. The summed E-state index contributed by atoms with van der Waals surface area (Å²) in [7, 11) is 1.49. The van der Waals surface area contributed by atoms with Crippen LogP contribution < -0.4 is 9.47 Å². The summed E-state index contributed by atoms with van der Waals surface area (Å²) < 4.78 is 10.5. The van der Waals surface area contributed by atoms with E-state index < -0.39 is 0 Å². The lowest BCUT2D eigenvalue weighted by Gasteiger charge is -2.07. The maximum Gasteiger partial charge on any atom is 0.283 e. The van der Waals surface area contributed by atoms with E-state index in [0.29, 0.717) is 17.2 Å². The first-order chi connectivity index (χ1) is 8.33. The molecule has 86 valence electrons. The smallest absolute Gasteiger partial charge is 0.283 e. The van der Waals surface area contributed by atoms with Gasteiger partial charge in [0, 0.05) is 18.0 Å². The highest BCUT2D eigenvalue weighted by atomic mass is 16.5. The zero-order chi connectivity index (χ0) is 12.1. The van der Waals surface area contributed by atoms with E-state index in [1.54, 1.807) is 24.3 Å². The Morgan fingerprint density at radius 1 is 1.06 bits per heavy atom. The minimum absolute atomic E-state index is 0.286. The first-order valence-corrected chi connectivity index (χ1v) is 4.91. The number of ether oxygens (including phenoxy) is 2. The lowest BCUT2D eigenvalue weighted by atomic mass is 10.2. The third-order valence-electron chi connectivity index (χ3n) is 2.06. The molecule has 5 nitrogen and oxygen atoms in total. The Morgan fingerprint density at radius 3 is 2.29 bits per heavy atom. The second kappa shape index (κ2) is 5.07. The van der Waals surface area contributed by atoms with Crippen LogP contribution in [-0.2, 0) is 0 Å². The molecular formula is C12H10N2O3. The van der Waals surface area contributed by atoms with Gasteiger partial charge in [-0.05, 0) is 24.3 Å². The van der Waals surface area contributed by atoms with Crippen molar-refractivity contribution in [1.82, 2.24) is 9.97 Å². The molecule has 0 atom stereocenters. The molecule has 0 unspecified atom stereocenters. The van der Waals surface area contributed by atoms with Crippen LogP contribution in [0.2, 0.25) is 0 Å². The first kappa shape index (κ1) is 11.1. The van der Waals surface area contributed by atoms with E-state index in [1.807, 2.05) is 0 Å². The summed E-state index contributed by atoms with van der Waals surface area (Å²) in [6, 6.07) is 6.67. The van der Waals surface area contributed by atoms with Gasteiger partial charge in [0.25, 0.3) is 11.8 Å². The number of methoxy groups -OCH3 is 1. The summed E-state index contributed by atoms with van der Waals surface area (Å²) in [5, 5.41) is 0. The fourth-order valence-electron chi connectivity index (χ4n) is 1.25. The molecule has 2 aromatic rings. The Labute approximate surface area is 98.0 Å².